The van der Waals surface area contributed by atoms with Crippen molar-refractivity contribution in [1.29, 1.82) is 0 Å². The van der Waals surface area contributed by atoms with Gasteiger partial charge in [0, 0.05) is 6.20 Å². The quantitative estimate of drug-likeness (QED) is 0.633. The second-order valence-electron chi connectivity index (χ2n) is 6.15. The molecule has 1 unspecified atom stereocenters. The van der Waals surface area contributed by atoms with Crippen molar-refractivity contribution in [2.75, 3.05) is 0 Å². The van der Waals surface area contributed by atoms with Crippen LogP contribution in [0.4, 0.5) is 0 Å². The Morgan fingerprint density at radius 1 is 1.10 bits per heavy atom. The van der Waals surface area contributed by atoms with Gasteiger partial charge in [-0.05, 0) is 30.9 Å². The number of nitrogens with zero attached hydrogens (tertiary/aromatic N) is 2. The fourth-order valence-corrected chi connectivity index (χ4v) is 3.42. The van der Waals surface area contributed by atoms with Gasteiger partial charge in [-0.25, -0.2) is 0 Å². The standard InChI is InChI=1S/C17H20N2O2/c1-11(2)15(14-9-5-6-10-18-14)19-16(20)12-7-3-4-8-13(12)17(19)21/h3-6,9-13,15H,7-8H2,1-2H3/t12-,13+,15?. The highest BCUT2D eigenvalue weighted by Gasteiger charge is 2.50. The first-order valence-corrected chi connectivity index (χ1v) is 7.54. The molecule has 1 saturated heterocycles. The summed E-state index contributed by atoms with van der Waals surface area (Å²) in [6.45, 7) is 4.06. The minimum Gasteiger partial charge on any atom is -0.274 e. The Labute approximate surface area is 124 Å². The molecule has 0 N–H and O–H groups in total. The van der Waals surface area contributed by atoms with Gasteiger partial charge in [-0.2, -0.15) is 0 Å². The van der Waals surface area contributed by atoms with Crippen molar-refractivity contribution in [2.45, 2.75) is 32.7 Å². The number of rotatable bonds is 3. The van der Waals surface area contributed by atoms with E-state index >= 15 is 0 Å². The van der Waals surface area contributed by atoms with Crippen LogP contribution >= 0.6 is 0 Å². The van der Waals surface area contributed by atoms with Gasteiger partial charge in [0.2, 0.25) is 11.8 Å². The van der Waals surface area contributed by atoms with Gasteiger partial charge in [-0.1, -0.05) is 32.1 Å². The molecule has 0 spiro atoms. The molecule has 4 heteroatoms. The van der Waals surface area contributed by atoms with E-state index in [0.717, 1.165) is 5.69 Å². The van der Waals surface area contributed by atoms with Crippen LogP contribution in [-0.2, 0) is 9.59 Å². The molecule has 1 aromatic rings. The number of pyridine rings is 1. The molecule has 0 saturated carbocycles. The van der Waals surface area contributed by atoms with Gasteiger partial charge in [0.05, 0.1) is 23.6 Å². The molecule has 3 rings (SSSR count). The summed E-state index contributed by atoms with van der Waals surface area (Å²) < 4.78 is 0. The number of aromatic nitrogens is 1. The van der Waals surface area contributed by atoms with Gasteiger partial charge < -0.3 is 0 Å². The van der Waals surface area contributed by atoms with Gasteiger partial charge >= 0.3 is 0 Å². The molecule has 0 radical (unpaired) electrons. The third-order valence-electron chi connectivity index (χ3n) is 4.44. The Hall–Kier alpha value is -1.97. The predicted octanol–water partition coefficient (Wildman–Crippen LogP) is 2.73. The molecule has 1 aromatic heterocycles. The summed E-state index contributed by atoms with van der Waals surface area (Å²) in [6.07, 6.45) is 7.10. The van der Waals surface area contributed by atoms with Crippen LogP contribution in [0.5, 0.6) is 0 Å². The van der Waals surface area contributed by atoms with Gasteiger partial charge in [0.1, 0.15) is 0 Å². The summed E-state index contributed by atoms with van der Waals surface area (Å²) in [4.78, 5) is 31.3. The molecular formula is C17H20N2O2. The largest absolute Gasteiger partial charge is 0.274 e. The highest BCUT2D eigenvalue weighted by Crippen LogP contribution is 2.41. The normalized spacial score (nSPS) is 26.3. The number of fused-ring (bicyclic) bond motifs is 1. The Kier molecular flexibility index (Phi) is 3.62. The van der Waals surface area contributed by atoms with Gasteiger partial charge in [0.25, 0.3) is 0 Å². The average Bonchev–Trinajstić information content (AvgIpc) is 2.74. The van der Waals surface area contributed by atoms with Crippen LogP contribution in [0.25, 0.3) is 0 Å². The number of hydrogen-bond donors (Lipinski definition) is 0. The molecular weight excluding hydrogens is 264 g/mol. The summed E-state index contributed by atoms with van der Waals surface area (Å²) in [5.74, 6) is -0.266. The number of hydrogen-bond acceptors (Lipinski definition) is 3. The van der Waals surface area contributed by atoms with Crippen LogP contribution in [0.3, 0.4) is 0 Å². The Balaban J connectivity index is 1.97. The fraction of sp³-hybridized carbons (Fsp3) is 0.471. The maximum Gasteiger partial charge on any atom is 0.234 e. The number of allylic oxidation sites excluding steroid dienone is 2. The van der Waals surface area contributed by atoms with Gasteiger partial charge in [-0.15, -0.1) is 0 Å². The molecule has 2 aliphatic rings. The lowest BCUT2D eigenvalue weighted by Gasteiger charge is -2.29. The van der Waals surface area contributed by atoms with Crippen molar-refractivity contribution in [3.63, 3.8) is 0 Å². The lowest BCUT2D eigenvalue weighted by atomic mass is 9.85. The number of amides is 2. The molecule has 1 aliphatic carbocycles. The second-order valence-corrected chi connectivity index (χ2v) is 6.15. The van der Waals surface area contributed by atoms with Crippen molar-refractivity contribution >= 4 is 11.8 Å². The summed E-state index contributed by atoms with van der Waals surface area (Å²) >= 11 is 0. The van der Waals surface area contributed by atoms with Crippen LogP contribution in [0, 0.1) is 17.8 Å². The molecule has 1 aliphatic heterocycles. The highest BCUT2D eigenvalue weighted by atomic mass is 16.2. The van der Waals surface area contributed by atoms with E-state index in [4.69, 9.17) is 0 Å². The molecule has 110 valence electrons. The molecule has 2 amide bonds. The van der Waals surface area contributed by atoms with Crippen LogP contribution in [0.1, 0.15) is 38.4 Å². The van der Waals surface area contributed by atoms with Crippen molar-refractivity contribution in [3.05, 3.63) is 42.2 Å². The molecule has 1 fully saturated rings. The van der Waals surface area contributed by atoms with Crippen LogP contribution < -0.4 is 0 Å². The number of imide groups is 1. The molecule has 4 nitrogen and oxygen atoms in total. The van der Waals surface area contributed by atoms with Crippen LogP contribution in [0.2, 0.25) is 0 Å². The first-order valence-electron chi connectivity index (χ1n) is 7.54. The second kappa shape index (κ2) is 5.43. The average molecular weight is 284 g/mol. The van der Waals surface area contributed by atoms with Gasteiger partial charge in [-0.3, -0.25) is 19.5 Å². The van der Waals surface area contributed by atoms with E-state index < -0.39 is 0 Å². The predicted molar refractivity (Wildman–Crippen MR) is 79.0 cm³/mol. The Bertz CT molecular complexity index is 554. The molecule has 3 atom stereocenters. The lowest BCUT2D eigenvalue weighted by molar-refractivity contribution is -0.144. The molecule has 21 heavy (non-hydrogen) atoms. The van der Waals surface area contributed by atoms with Gasteiger partial charge in [0.15, 0.2) is 0 Å². The smallest absolute Gasteiger partial charge is 0.234 e. The third kappa shape index (κ3) is 2.28. The van der Waals surface area contributed by atoms with Crippen molar-refractivity contribution in [1.82, 2.24) is 9.88 Å². The van der Waals surface area contributed by atoms with E-state index in [9.17, 15) is 9.59 Å². The molecule has 0 aromatic carbocycles. The first kappa shape index (κ1) is 14.0. The van der Waals surface area contributed by atoms with Crippen LogP contribution in [0.15, 0.2) is 36.5 Å². The first-order chi connectivity index (χ1) is 10.1. The van der Waals surface area contributed by atoms with E-state index in [-0.39, 0.29) is 35.6 Å². The summed E-state index contributed by atoms with van der Waals surface area (Å²) in [5, 5.41) is 0. The van der Waals surface area contributed by atoms with Crippen molar-refractivity contribution in [3.8, 4) is 0 Å². The Morgan fingerprint density at radius 2 is 1.71 bits per heavy atom. The van der Waals surface area contributed by atoms with Crippen molar-refractivity contribution < 1.29 is 9.59 Å². The topological polar surface area (TPSA) is 50.3 Å². The van der Waals surface area contributed by atoms with Crippen molar-refractivity contribution in [2.24, 2.45) is 17.8 Å². The maximum atomic E-state index is 12.7. The lowest BCUT2D eigenvalue weighted by Crippen LogP contribution is -2.38. The van der Waals surface area contributed by atoms with E-state index in [0.29, 0.717) is 12.8 Å². The summed E-state index contributed by atoms with van der Waals surface area (Å²) in [6, 6.07) is 5.37. The minimum absolute atomic E-state index is 0.0290. The fourth-order valence-electron chi connectivity index (χ4n) is 3.42. The zero-order valence-corrected chi connectivity index (χ0v) is 12.4. The number of likely N-dealkylation sites (tertiary alicyclic amines) is 1. The van der Waals surface area contributed by atoms with E-state index in [2.05, 4.69) is 4.98 Å². The summed E-state index contributed by atoms with van der Waals surface area (Å²) in [5.41, 5.74) is 0.792. The highest BCUT2D eigenvalue weighted by molar-refractivity contribution is 6.05. The summed E-state index contributed by atoms with van der Waals surface area (Å²) in [7, 11) is 0. The third-order valence-corrected chi connectivity index (χ3v) is 4.44. The number of carbonyl (C=O) groups is 2. The maximum absolute atomic E-state index is 12.7. The van der Waals surface area contributed by atoms with E-state index in [1.54, 1.807) is 6.20 Å². The molecule has 2 heterocycles. The van der Waals surface area contributed by atoms with Crippen LogP contribution in [-0.4, -0.2) is 21.7 Å². The van der Waals surface area contributed by atoms with E-state index in [1.165, 1.54) is 4.90 Å². The SMILES string of the molecule is CC(C)C(c1ccccn1)N1C(=O)[C@H]2CC=CC[C@H]2C1=O. The van der Waals surface area contributed by atoms with E-state index in [1.807, 2.05) is 44.2 Å². The monoisotopic (exact) mass is 284 g/mol. The zero-order chi connectivity index (χ0) is 15.0. The Morgan fingerprint density at radius 3 is 2.19 bits per heavy atom. The zero-order valence-electron chi connectivity index (χ0n) is 12.4. The number of carbonyl (C=O) groups excluding carboxylic acids is 2. The minimum atomic E-state index is -0.267. The molecule has 0 bridgehead atoms.